The van der Waals surface area contributed by atoms with Gasteiger partial charge in [0.15, 0.2) is 0 Å². The van der Waals surface area contributed by atoms with Gasteiger partial charge in [0.25, 0.3) is 5.56 Å². The van der Waals surface area contributed by atoms with Crippen molar-refractivity contribution >= 4 is 23.1 Å². The summed E-state index contributed by atoms with van der Waals surface area (Å²) in [4.78, 5) is 43.9. The highest BCUT2D eigenvalue weighted by molar-refractivity contribution is 5.96. The van der Waals surface area contributed by atoms with Crippen LogP contribution in [0.3, 0.4) is 0 Å². The number of nitrogen functional groups attached to an aromatic ring is 1. The maximum Gasteiger partial charge on any atom is 0.330 e. The number of anilines is 3. The van der Waals surface area contributed by atoms with E-state index in [-0.39, 0.29) is 30.5 Å². The van der Waals surface area contributed by atoms with E-state index in [0.29, 0.717) is 19.6 Å². The van der Waals surface area contributed by atoms with Crippen molar-refractivity contribution in [1.29, 1.82) is 0 Å². The van der Waals surface area contributed by atoms with E-state index in [1.807, 2.05) is 60.7 Å². The first-order valence-electron chi connectivity index (χ1n) is 10.6. The maximum absolute atomic E-state index is 13.1. The molecule has 174 valence electrons. The summed E-state index contributed by atoms with van der Waals surface area (Å²) in [5, 5.41) is 0. The molecule has 0 fully saturated rings. The van der Waals surface area contributed by atoms with Crippen molar-refractivity contribution in [2.75, 3.05) is 49.4 Å². The van der Waals surface area contributed by atoms with Crippen LogP contribution in [0.1, 0.15) is 12.0 Å². The summed E-state index contributed by atoms with van der Waals surface area (Å²) in [6, 6.07) is 18.5. The molecule has 0 spiro atoms. The minimum absolute atomic E-state index is 0.0141. The molecule has 0 atom stereocenters. The topological polar surface area (TPSA) is 114 Å². The zero-order chi connectivity index (χ0) is 23.8. The Kier molecular flexibility index (Phi) is 8.04. The van der Waals surface area contributed by atoms with Crippen LogP contribution in [0.5, 0.6) is 0 Å². The lowest BCUT2D eigenvalue weighted by atomic mass is 10.2. The lowest BCUT2D eigenvalue weighted by molar-refractivity contribution is -0.117. The van der Waals surface area contributed by atoms with Crippen LogP contribution in [-0.2, 0) is 16.1 Å². The highest BCUT2D eigenvalue weighted by atomic mass is 16.5. The van der Waals surface area contributed by atoms with E-state index >= 15 is 0 Å². The Hall–Kier alpha value is -3.85. The Morgan fingerprint density at radius 1 is 1.06 bits per heavy atom. The molecule has 0 aliphatic heterocycles. The van der Waals surface area contributed by atoms with Crippen LogP contribution < -0.4 is 26.8 Å². The summed E-state index contributed by atoms with van der Waals surface area (Å²) >= 11 is 0. The van der Waals surface area contributed by atoms with Crippen molar-refractivity contribution in [3.05, 3.63) is 87.1 Å². The lowest BCUT2D eigenvalue weighted by Crippen LogP contribution is -2.44. The number of nitrogens with two attached hydrogens (primary N) is 1. The van der Waals surface area contributed by atoms with Gasteiger partial charge in [-0.25, -0.2) is 4.79 Å². The number of para-hydroxylation sites is 1. The molecule has 3 N–H and O–H groups in total. The third-order valence-corrected chi connectivity index (χ3v) is 5.33. The summed E-state index contributed by atoms with van der Waals surface area (Å²) in [5.74, 6) is -0.210. The van der Waals surface area contributed by atoms with Gasteiger partial charge in [-0.3, -0.25) is 19.1 Å². The van der Waals surface area contributed by atoms with Crippen molar-refractivity contribution < 1.29 is 9.53 Å². The highest BCUT2D eigenvalue weighted by Gasteiger charge is 2.23. The number of aromatic nitrogens is 2. The second-order valence-electron chi connectivity index (χ2n) is 7.62. The molecule has 3 aromatic rings. The molecule has 3 rings (SSSR count). The van der Waals surface area contributed by atoms with Crippen LogP contribution in [0, 0.1) is 0 Å². The number of carbonyl (C=O) groups is 1. The quantitative estimate of drug-likeness (QED) is 0.454. The van der Waals surface area contributed by atoms with Crippen molar-refractivity contribution in [3.8, 4) is 0 Å². The first-order valence-corrected chi connectivity index (χ1v) is 10.6. The molecule has 9 nitrogen and oxygen atoms in total. The lowest BCUT2D eigenvalue weighted by Gasteiger charge is -2.28. The average Bonchev–Trinajstić information content (AvgIpc) is 2.82. The number of rotatable bonds is 10. The predicted octanol–water partition coefficient (Wildman–Crippen LogP) is 1.67. The molecule has 1 amide bonds. The number of hydrogen-bond acceptors (Lipinski definition) is 6. The number of benzene rings is 2. The Bertz CT molecular complexity index is 1170. The number of nitrogens with zero attached hydrogens (tertiary/aromatic N) is 3. The fraction of sp³-hybridized carbons (Fsp3) is 0.292. The molecule has 0 aliphatic rings. The van der Waals surface area contributed by atoms with Crippen molar-refractivity contribution in [2.24, 2.45) is 0 Å². The molecule has 9 heteroatoms. The van der Waals surface area contributed by atoms with Gasteiger partial charge in [-0.05, 0) is 24.1 Å². The fourth-order valence-corrected chi connectivity index (χ4v) is 3.54. The number of nitrogens with one attached hydrogen (secondary N) is 1. The summed E-state index contributed by atoms with van der Waals surface area (Å²) < 4.78 is 6.44. The molecule has 0 bridgehead atoms. The van der Waals surface area contributed by atoms with Crippen LogP contribution in [0.15, 0.2) is 70.3 Å². The van der Waals surface area contributed by atoms with E-state index in [9.17, 15) is 14.4 Å². The van der Waals surface area contributed by atoms with Crippen LogP contribution in [0.4, 0.5) is 17.2 Å². The second-order valence-corrected chi connectivity index (χ2v) is 7.62. The number of aromatic amines is 1. The largest absolute Gasteiger partial charge is 0.385 e. The minimum Gasteiger partial charge on any atom is -0.385 e. The number of carbonyl (C=O) groups excluding carboxylic acids is 1. The standard InChI is InChI=1S/C24H29N5O4/c1-27(19-12-7-4-8-13-19)20(30)17-28(14-9-15-33-2)21-22(25)29(24(32)26-23(21)31)16-18-10-5-3-6-11-18/h3-8,10-13H,9,14-17,25H2,1-2H3,(H,26,31,32). The third kappa shape index (κ3) is 5.89. The van der Waals surface area contributed by atoms with Gasteiger partial charge in [0.2, 0.25) is 5.91 Å². The molecule has 33 heavy (non-hydrogen) atoms. The van der Waals surface area contributed by atoms with Gasteiger partial charge in [-0.15, -0.1) is 0 Å². The number of likely N-dealkylation sites (N-methyl/N-ethyl adjacent to an activating group) is 1. The Labute approximate surface area is 192 Å². The van der Waals surface area contributed by atoms with E-state index in [1.54, 1.807) is 19.1 Å². The van der Waals surface area contributed by atoms with Gasteiger partial charge in [0, 0.05) is 33.0 Å². The Morgan fingerprint density at radius 3 is 2.33 bits per heavy atom. The smallest absolute Gasteiger partial charge is 0.330 e. The molecule has 2 aromatic carbocycles. The van der Waals surface area contributed by atoms with E-state index in [2.05, 4.69) is 4.98 Å². The van der Waals surface area contributed by atoms with Crippen molar-refractivity contribution in [1.82, 2.24) is 9.55 Å². The number of ether oxygens (including phenoxy) is 1. The molecule has 0 saturated heterocycles. The molecule has 0 radical (unpaired) electrons. The van der Waals surface area contributed by atoms with Crippen LogP contribution >= 0.6 is 0 Å². The first-order chi connectivity index (χ1) is 15.9. The van der Waals surface area contributed by atoms with Gasteiger partial charge in [0.05, 0.1) is 13.1 Å². The number of methoxy groups -OCH3 is 1. The van der Waals surface area contributed by atoms with Gasteiger partial charge < -0.3 is 20.3 Å². The zero-order valence-corrected chi connectivity index (χ0v) is 18.9. The fourth-order valence-electron chi connectivity index (χ4n) is 3.54. The summed E-state index contributed by atoms with van der Waals surface area (Å²) in [6.07, 6.45) is 0.565. The van der Waals surface area contributed by atoms with Gasteiger partial charge in [-0.1, -0.05) is 48.5 Å². The second kappa shape index (κ2) is 11.1. The minimum atomic E-state index is -0.630. The molecule has 1 aromatic heterocycles. The Balaban J connectivity index is 1.95. The molecular formula is C24H29N5O4. The summed E-state index contributed by atoms with van der Waals surface area (Å²) in [5.41, 5.74) is 6.80. The van der Waals surface area contributed by atoms with E-state index < -0.39 is 11.2 Å². The normalized spacial score (nSPS) is 10.7. The maximum atomic E-state index is 13.1. The van der Waals surface area contributed by atoms with Gasteiger partial charge in [0.1, 0.15) is 11.5 Å². The van der Waals surface area contributed by atoms with Gasteiger partial charge >= 0.3 is 5.69 Å². The summed E-state index contributed by atoms with van der Waals surface area (Å²) in [7, 11) is 3.26. The third-order valence-electron chi connectivity index (χ3n) is 5.33. The van der Waals surface area contributed by atoms with Crippen molar-refractivity contribution in [3.63, 3.8) is 0 Å². The number of hydrogen-bond donors (Lipinski definition) is 2. The number of H-pyrrole nitrogens is 1. The first kappa shape index (κ1) is 23.8. The molecular weight excluding hydrogens is 422 g/mol. The molecule has 0 unspecified atom stereocenters. The molecule has 1 heterocycles. The van der Waals surface area contributed by atoms with Crippen LogP contribution in [0.25, 0.3) is 0 Å². The Morgan fingerprint density at radius 2 is 1.70 bits per heavy atom. The van der Waals surface area contributed by atoms with Crippen LogP contribution in [0.2, 0.25) is 0 Å². The SMILES string of the molecule is COCCCN(CC(=O)N(C)c1ccccc1)c1c(N)n(Cc2ccccc2)c(=O)[nH]c1=O. The zero-order valence-electron chi connectivity index (χ0n) is 18.9. The van der Waals surface area contributed by atoms with Crippen LogP contribution in [-0.4, -0.2) is 49.3 Å². The average molecular weight is 452 g/mol. The van der Waals surface area contributed by atoms with Gasteiger partial charge in [-0.2, -0.15) is 0 Å². The van der Waals surface area contributed by atoms with E-state index in [0.717, 1.165) is 11.3 Å². The van der Waals surface area contributed by atoms with E-state index in [1.165, 1.54) is 9.47 Å². The molecule has 0 aliphatic carbocycles. The van der Waals surface area contributed by atoms with Crippen molar-refractivity contribution in [2.45, 2.75) is 13.0 Å². The predicted molar refractivity (Wildman–Crippen MR) is 130 cm³/mol. The number of amides is 1. The summed E-state index contributed by atoms with van der Waals surface area (Å²) in [6.45, 7) is 0.894. The highest BCUT2D eigenvalue weighted by Crippen LogP contribution is 2.19. The molecule has 0 saturated carbocycles. The monoisotopic (exact) mass is 451 g/mol. The van der Waals surface area contributed by atoms with E-state index in [4.69, 9.17) is 10.5 Å².